The molecule has 0 N–H and O–H groups in total. The summed E-state index contributed by atoms with van der Waals surface area (Å²) in [6.45, 7) is 0. The van der Waals surface area contributed by atoms with Crippen LogP contribution in [0.4, 0.5) is 17.6 Å². The van der Waals surface area contributed by atoms with E-state index in [4.69, 9.17) is 0 Å². The highest BCUT2D eigenvalue weighted by atomic mass is 32.1. The lowest BCUT2D eigenvalue weighted by atomic mass is 10.1. The van der Waals surface area contributed by atoms with Crippen molar-refractivity contribution in [3.05, 3.63) is 34.5 Å². The summed E-state index contributed by atoms with van der Waals surface area (Å²) < 4.78 is 56.3. The number of fused-ring (bicyclic) bond motifs is 1. The number of alkyl halides is 3. The number of esters is 1. The first kappa shape index (κ1) is 12.8. The Bertz CT molecular complexity index is 615. The lowest BCUT2D eigenvalue weighted by Crippen LogP contribution is -2.11. The van der Waals surface area contributed by atoms with Crippen molar-refractivity contribution >= 4 is 27.4 Å². The van der Waals surface area contributed by atoms with E-state index in [-0.39, 0.29) is 10.1 Å². The van der Waals surface area contributed by atoms with E-state index in [2.05, 4.69) is 4.74 Å². The standard InChI is InChI=1S/C11H6F4O2S/c1-17-10(16)9-7(11(13,14)15)5-3-2-4-6(12)8(5)18-9/h2-4H,1H3. The van der Waals surface area contributed by atoms with E-state index in [1.165, 1.54) is 6.07 Å². The van der Waals surface area contributed by atoms with E-state index < -0.39 is 28.4 Å². The molecule has 0 saturated heterocycles. The minimum atomic E-state index is -4.74. The molecule has 96 valence electrons. The Morgan fingerprint density at radius 1 is 1.33 bits per heavy atom. The first-order valence-corrected chi connectivity index (χ1v) is 5.54. The predicted octanol–water partition coefficient (Wildman–Crippen LogP) is 3.85. The molecule has 2 nitrogen and oxygen atoms in total. The van der Waals surface area contributed by atoms with Crippen molar-refractivity contribution in [3.8, 4) is 0 Å². The highest BCUT2D eigenvalue weighted by Crippen LogP contribution is 2.43. The van der Waals surface area contributed by atoms with Crippen molar-refractivity contribution < 1.29 is 27.1 Å². The van der Waals surface area contributed by atoms with E-state index in [0.717, 1.165) is 19.2 Å². The number of methoxy groups -OCH3 is 1. The van der Waals surface area contributed by atoms with Gasteiger partial charge in [-0.2, -0.15) is 13.2 Å². The number of carbonyl (C=O) groups is 1. The predicted molar refractivity (Wildman–Crippen MR) is 58.1 cm³/mol. The second-order valence-electron chi connectivity index (χ2n) is 3.41. The fraction of sp³-hybridized carbons (Fsp3) is 0.182. The summed E-state index contributed by atoms with van der Waals surface area (Å²) in [6.07, 6.45) is -4.74. The van der Waals surface area contributed by atoms with Gasteiger partial charge >= 0.3 is 12.1 Å². The molecular weight excluding hydrogens is 272 g/mol. The maximum Gasteiger partial charge on any atom is 0.418 e. The Labute approximate surface area is 103 Å². The summed E-state index contributed by atoms with van der Waals surface area (Å²) in [5.74, 6) is -1.92. The van der Waals surface area contributed by atoms with Crippen molar-refractivity contribution in [3.63, 3.8) is 0 Å². The van der Waals surface area contributed by atoms with Crippen LogP contribution >= 0.6 is 11.3 Å². The number of thiophene rings is 1. The smallest absolute Gasteiger partial charge is 0.418 e. The van der Waals surface area contributed by atoms with Crippen LogP contribution < -0.4 is 0 Å². The molecule has 2 aromatic rings. The molecular formula is C11H6F4O2S. The first-order valence-electron chi connectivity index (χ1n) is 4.72. The van der Waals surface area contributed by atoms with Gasteiger partial charge in [-0.25, -0.2) is 9.18 Å². The van der Waals surface area contributed by atoms with Crippen LogP contribution in [0.5, 0.6) is 0 Å². The van der Waals surface area contributed by atoms with E-state index >= 15 is 0 Å². The van der Waals surface area contributed by atoms with Gasteiger partial charge in [0.1, 0.15) is 10.7 Å². The van der Waals surface area contributed by atoms with Crippen molar-refractivity contribution in [2.75, 3.05) is 7.11 Å². The molecule has 0 unspecified atom stereocenters. The molecule has 0 aliphatic heterocycles. The third-order valence-electron chi connectivity index (χ3n) is 2.32. The Hall–Kier alpha value is -1.63. The number of hydrogen-bond acceptors (Lipinski definition) is 3. The molecule has 0 atom stereocenters. The van der Waals surface area contributed by atoms with Crippen LogP contribution in [0.15, 0.2) is 18.2 Å². The lowest BCUT2D eigenvalue weighted by Gasteiger charge is -2.07. The third-order valence-corrected chi connectivity index (χ3v) is 3.52. The number of hydrogen-bond donors (Lipinski definition) is 0. The van der Waals surface area contributed by atoms with Gasteiger partial charge in [0, 0.05) is 5.39 Å². The average Bonchev–Trinajstić information content (AvgIpc) is 2.68. The Morgan fingerprint density at radius 2 is 2.00 bits per heavy atom. The molecule has 18 heavy (non-hydrogen) atoms. The summed E-state index contributed by atoms with van der Waals surface area (Å²) in [5.41, 5.74) is -1.14. The fourth-order valence-electron chi connectivity index (χ4n) is 1.60. The van der Waals surface area contributed by atoms with Gasteiger partial charge in [0.2, 0.25) is 0 Å². The van der Waals surface area contributed by atoms with E-state index in [1.807, 2.05) is 0 Å². The molecule has 2 rings (SSSR count). The van der Waals surface area contributed by atoms with E-state index in [1.54, 1.807) is 0 Å². The molecule has 1 aromatic heterocycles. The van der Waals surface area contributed by atoms with Crippen molar-refractivity contribution in [2.45, 2.75) is 6.18 Å². The van der Waals surface area contributed by atoms with Crippen molar-refractivity contribution in [1.29, 1.82) is 0 Å². The molecule has 0 radical (unpaired) electrons. The number of ether oxygens (including phenoxy) is 1. The number of benzene rings is 1. The normalized spacial score (nSPS) is 11.8. The summed E-state index contributed by atoms with van der Waals surface area (Å²) in [6, 6.07) is 3.34. The van der Waals surface area contributed by atoms with Gasteiger partial charge < -0.3 is 4.74 Å². The van der Waals surface area contributed by atoms with E-state index in [0.29, 0.717) is 11.3 Å². The van der Waals surface area contributed by atoms with Crippen molar-refractivity contribution in [2.24, 2.45) is 0 Å². The van der Waals surface area contributed by atoms with Crippen LogP contribution in [-0.2, 0) is 10.9 Å². The van der Waals surface area contributed by atoms with Gasteiger partial charge in [-0.15, -0.1) is 11.3 Å². The van der Waals surface area contributed by atoms with Gasteiger partial charge in [0.05, 0.1) is 17.4 Å². The number of rotatable bonds is 1. The summed E-state index contributed by atoms with van der Waals surface area (Å²) in [5, 5.41) is -0.326. The minimum Gasteiger partial charge on any atom is -0.465 e. The topological polar surface area (TPSA) is 26.3 Å². The molecule has 1 aromatic carbocycles. The van der Waals surface area contributed by atoms with Crippen LogP contribution in [0.3, 0.4) is 0 Å². The Kier molecular flexibility index (Phi) is 3.02. The summed E-state index contributed by atoms with van der Waals surface area (Å²) in [4.78, 5) is 10.7. The molecule has 0 amide bonds. The van der Waals surface area contributed by atoms with Gasteiger partial charge in [-0.3, -0.25) is 0 Å². The SMILES string of the molecule is COC(=O)c1sc2c(F)cccc2c1C(F)(F)F. The molecule has 0 saturated carbocycles. The average molecular weight is 278 g/mol. The van der Waals surface area contributed by atoms with Crippen LogP contribution in [0.25, 0.3) is 10.1 Å². The fourth-order valence-corrected chi connectivity index (χ4v) is 2.75. The molecule has 1 heterocycles. The molecule has 0 spiro atoms. The van der Waals surface area contributed by atoms with Crippen LogP contribution in [-0.4, -0.2) is 13.1 Å². The van der Waals surface area contributed by atoms with Gasteiger partial charge in [0.25, 0.3) is 0 Å². The number of carbonyl (C=O) groups excluding carboxylic acids is 1. The zero-order valence-electron chi connectivity index (χ0n) is 8.97. The van der Waals surface area contributed by atoms with Crippen LogP contribution in [0, 0.1) is 5.82 Å². The first-order chi connectivity index (χ1) is 8.36. The summed E-state index contributed by atoms with van der Waals surface area (Å²) >= 11 is 0.441. The van der Waals surface area contributed by atoms with Gasteiger partial charge in [-0.1, -0.05) is 12.1 Å². The zero-order valence-corrected chi connectivity index (χ0v) is 9.79. The molecule has 0 fully saturated rings. The highest BCUT2D eigenvalue weighted by molar-refractivity contribution is 7.21. The van der Waals surface area contributed by atoms with Crippen LogP contribution in [0.1, 0.15) is 15.2 Å². The van der Waals surface area contributed by atoms with Gasteiger partial charge in [0.15, 0.2) is 0 Å². The maximum absolute atomic E-state index is 13.4. The Morgan fingerprint density at radius 3 is 2.56 bits per heavy atom. The second-order valence-corrected chi connectivity index (χ2v) is 4.43. The quantitative estimate of drug-likeness (QED) is 0.585. The molecule has 7 heteroatoms. The zero-order chi connectivity index (χ0) is 13.5. The number of halogens is 4. The minimum absolute atomic E-state index is 0.203. The summed E-state index contributed by atoms with van der Waals surface area (Å²) in [7, 11) is 0.975. The van der Waals surface area contributed by atoms with E-state index in [9.17, 15) is 22.4 Å². The van der Waals surface area contributed by atoms with Crippen molar-refractivity contribution in [1.82, 2.24) is 0 Å². The lowest BCUT2D eigenvalue weighted by molar-refractivity contribution is -0.136. The molecule has 0 bridgehead atoms. The largest absolute Gasteiger partial charge is 0.465 e. The monoisotopic (exact) mass is 278 g/mol. The van der Waals surface area contributed by atoms with Gasteiger partial charge in [-0.05, 0) is 6.07 Å². The highest BCUT2D eigenvalue weighted by Gasteiger charge is 2.40. The van der Waals surface area contributed by atoms with Crippen LogP contribution in [0.2, 0.25) is 0 Å². The second kappa shape index (κ2) is 4.24. The molecule has 0 aliphatic rings. The maximum atomic E-state index is 13.4. The Balaban J connectivity index is 2.85. The molecule has 0 aliphatic carbocycles. The third kappa shape index (κ3) is 1.94.